The largest absolute Gasteiger partial charge is 0.378 e. The summed E-state index contributed by atoms with van der Waals surface area (Å²) in [6.45, 7) is 2.99. The number of pyridine rings is 1. The number of halogens is 1. The molecule has 0 amide bonds. The molecule has 2 unspecified atom stereocenters. The Morgan fingerprint density at radius 2 is 2.39 bits per heavy atom. The Morgan fingerprint density at radius 1 is 1.61 bits per heavy atom. The summed E-state index contributed by atoms with van der Waals surface area (Å²) in [5.41, 5.74) is 0. The first-order valence-electron chi connectivity index (χ1n) is 5.72. The number of aromatic nitrogens is 1. The van der Waals surface area contributed by atoms with Gasteiger partial charge in [0.25, 0.3) is 0 Å². The lowest BCUT2D eigenvalue weighted by atomic mass is 10.0. The fourth-order valence-electron chi connectivity index (χ4n) is 1.91. The van der Waals surface area contributed by atoms with Crippen LogP contribution in [-0.4, -0.2) is 32.7 Å². The molecule has 1 aromatic rings. The molecular formula is C11H15ClN2O3S. The molecule has 0 bridgehead atoms. The summed E-state index contributed by atoms with van der Waals surface area (Å²) >= 11 is 5.78. The fourth-order valence-corrected chi connectivity index (χ4v) is 3.46. The van der Waals surface area contributed by atoms with Crippen molar-refractivity contribution in [1.29, 1.82) is 0 Å². The van der Waals surface area contributed by atoms with Crippen LogP contribution in [0.15, 0.2) is 23.2 Å². The van der Waals surface area contributed by atoms with Gasteiger partial charge in [-0.1, -0.05) is 11.6 Å². The maximum Gasteiger partial charge on any atom is 0.243 e. The topological polar surface area (TPSA) is 68.3 Å². The van der Waals surface area contributed by atoms with Crippen LogP contribution >= 0.6 is 11.6 Å². The molecule has 0 radical (unpaired) electrons. The third-order valence-electron chi connectivity index (χ3n) is 3.08. The summed E-state index contributed by atoms with van der Waals surface area (Å²) in [5.74, 6) is 0.204. The Hall–Kier alpha value is -0.690. The minimum atomic E-state index is -3.60. The lowest BCUT2D eigenvalue weighted by Crippen LogP contribution is -2.32. The molecule has 100 valence electrons. The number of ether oxygens (including phenoxy) is 1. The highest BCUT2D eigenvalue weighted by Crippen LogP contribution is 2.21. The highest BCUT2D eigenvalue weighted by atomic mass is 35.5. The lowest BCUT2D eigenvalue weighted by Gasteiger charge is -2.15. The molecule has 0 saturated carbocycles. The lowest BCUT2D eigenvalue weighted by molar-refractivity contribution is 0.107. The summed E-state index contributed by atoms with van der Waals surface area (Å²) in [4.78, 5) is 3.77. The van der Waals surface area contributed by atoms with Crippen LogP contribution in [0.1, 0.15) is 13.3 Å². The molecule has 1 saturated heterocycles. The van der Waals surface area contributed by atoms with Crippen LogP contribution < -0.4 is 4.72 Å². The number of nitrogens with one attached hydrogen (secondary N) is 1. The second-order valence-corrected chi connectivity index (χ2v) is 6.36. The number of hydrogen-bond donors (Lipinski definition) is 1. The van der Waals surface area contributed by atoms with Crippen molar-refractivity contribution in [2.45, 2.75) is 24.3 Å². The summed E-state index contributed by atoms with van der Waals surface area (Å²) in [5, 5.41) is -0.0132. The summed E-state index contributed by atoms with van der Waals surface area (Å²) in [6.07, 6.45) is 2.40. The SMILES string of the molecule is CC1OCCC1CNS(=O)(=O)c1cccnc1Cl. The zero-order valence-corrected chi connectivity index (χ0v) is 11.5. The van der Waals surface area contributed by atoms with E-state index in [-0.39, 0.29) is 22.1 Å². The van der Waals surface area contributed by atoms with Gasteiger partial charge in [-0.2, -0.15) is 0 Å². The van der Waals surface area contributed by atoms with Gasteiger partial charge in [0, 0.05) is 25.3 Å². The van der Waals surface area contributed by atoms with Crippen LogP contribution in [-0.2, 0) is 14.8 Å². The molecule has 2 heterocycles. The van der Waals surface area contributed by atoms with E-state index in [2.05, 4.69) is 9.71 Å². The van der Waals surface area contributed by atoms with Gasteiger partial charge in [0.15, 0.2) is 0 Å². The minimum absolute atomic E-state index is 0.0123. The van der Waals surface area contributed by atoms with Crippen molar-refractivity contribution in [3.05, 3.63) is 23.5 Å². The van der Waals surface area contributed by atoms with Crippen LogP contribution in [0.4, 0.5) is 0 Å². The highest BCUT2D eigenvalue weighted by molar-refractivity contribution is 7.89. The highest BCUT2D eigenvalue weighted by Gasteiger charge is 2.26. The zero-order chi connectivity index (χ0) is 13.2. The third kappa shape index (κ3) is 3.00. The van der Waals surface area contributed by atoms with Crippen LogP contribution in [0.5, 0.6) is 0 Å². The average molecular weight is 291 g/mol. The summed E-state index contributed by atoms with van der Waals surface area (Å²) in [6, 6.07) is 2.98. The Bertz CT molecular complexity index is 521. The first-order chi connectivity index (χ1) is 8.50. The van der Waals surface area contributed by atoms with Gasteiger partial charge in [-0.25, -0.2) is 18.1 Å². The molecule has 1 aliphatic heterocycles. The molecule has 1 aromatic heterocycles. The summed E-state index contributed by atoms with van der Waals surface area (Å²) < 4.78 is 32.0. The number of hydrogen-bond acceptors (Lipinski definition) is 4. The van der Waals surface area contributed by atoms with Gasteiger partial charge in [-0.05, 0) is 25.5 Å². The van der Waals surface area contributed by atoms with E-state index in [4.69, 9.17) is 16.3 Å². The molecule has 1 fully saturated rings. The molecule has 0 spiro atoms. The van der Waals surface area contributed by atoms with Crippen LogP contribution in [0.3, 0.4) is 0 Å². The van der Waals surface area contributed by atoms with E-state index in [0.717, 1.165) is 6.42 Å². The van der Waals surface area contributed by atoms with Crippen molar-refractivity contribution >= 4 is 21.6 Å². The predicted octanol–water partition coefficient (Wildman–Crippen LogP) is 1.44. The van der Waals surface area contributed by atoms with Crippen LogP contribution in [0.25, 0.3) is 0 Å². The van der Waals surface area contributed by atoms with Gasteiger partial charge in [0.2, 0.25) is 10.0 Å². The molecule has 7 heteroatoms. The molecule has 1 aliphatic rings. The molecule has 5 nitrogen and oxygen atoms in total. The van der Waals surface area contributed by atoms with Crippen molar-refractivity contribution in [1.82, 2.24) is 9.71 Å². The van der Waals surface area contributed by atoms with Crippen molar-refractivity contribution in [3.63, 3.8) is 0 Å². The van der Waals surface area contributed by atoms with E-state index >= 15 is 0 Å². The molecule has 0 aromatic carbocycles. The second kappa shape index (κ2) is 5.52. The normalized spacial score (nSPS) is 24.3. The quantitative estimate of drug-likeness (QED) is 0.852. The van der Waals surface area contributed by atoms with Gasteiger partial charge in [-0.15, -0.1) is 0 Å². The van der Waals surface area contributed by atoms with Crippen molar-refractivity contribution in [3.8, 4) is 0 Å². The van der Waals surface area contributed by atoms with Gasteiger partial charge >= 0.3 is 0 Å². The number of sulfonamides is 1. The molecule has 2 rings (SSSR count). The smallest absolute Gasteiger partial charge is 0.243 e. The molecular weight excluding hydrogens is 276 g/mol. The van der Waals surface area contributed by atoms with Crippen LogP contribution in [0, 0.1) is 5.92 Å². The van der Waals surface area contributed by atoms with E-state index in [1.165, 1.54) is 12.3 Å². The number of rotatable bonds is 4. The maximum absolute atomic E-state index is 12.0. The molecule has 2 atom stereocenters. The van der Waals surface area contributed by atoms with Gasteiger partial charge in [0.1, 0.15) is 10.0 Å². The first-order valence-corrected chi connectivity index (χ1v) is 7.58. The van der Waals surface area contributed by atoms with E-state index in [1.54, 1.807) is 6.07 Å². The van der Waals surface area contributed by atoms with Gasteiger partial charge in [0.05, 0.1) is 6.10 Å². The average Bonchev–Trinajstić information content (AvgIpc) is 2.73. The molecule has 0 aliphatic carbocycles. The van der Waals surface area contributed by atoms with Crippen LogP contribution in [0.2, 0.25) is 5.15 Å². The Balaban J connectivity index is 2.06. The summed E-state index contributed by atoms with van der Waals surface area (Å²) in [7, 11) is -3.60. The van der Waals surface area contributed by atoms with Gasteiger partial charge < -0.3 is 4.74 Å². The predicted molar refractivity (Wildman–Crippen MR) is 68.0 cm³/mol. The Kier molecular flexibility index (Phi) is 4.21. The van der Waals surface area contributed by atoms with Crippen molar-refractivity contribution in [2.75, 3.05) is 13.2 Å². The van der Waals surface area contributed by atoms with Crippen molar-refractivity contribution in [2.24, 2.45) is 5.92 Å². The van der Waals surface area contributed by atoms with E-state index in [1.807, 2.05) is 6.92 Å². The molecule has 1 N–H and O–H groups in total. The van der Waals surface area contributed by atoms with E-state index in [9.17, 15) is 8.42 Å². The Labute approximate surface area is 112 Å². The van der Waals surface area contributed by atoms with Gasteiger partial charge in [-0.3, -0.25) is 0 Å². The molecule has 18 heavy (non-hydrogen) atoms. The monoisotopic (exact) mass is 290 g/mol. The first kappa shape index (κ1) is 13.7. The van der Waals surface area contributed by atoms with E-state index in [0.29, 0.717) is 13.2 Å². The third-order valence-corrected chi connectivity index (χ3v) is 4.95. The minimum Gasteiger partial charge on any atom is -0.378 e. The number of nitrogens with zero attached hydrogens (tertiary/aromatic N) is 1. The van der Waals surface area contributed by atoms with Crippen molar-refractivity contribution < 1.29 is 13.2 Å². The standard InChI is InChI=1S/C11H15ClN2O3S/c1-8-9(4-6-17-8)7-14-18(15,16)10-3-2-5-13-11(10)12/h2-3,5,8-9,14H,4,6-7H2,1H3. The van der Waals surface area contributed by atoms with E-state index < -0.39 is 10.0 Å². The fraction of sp³-hybridized carbons (Fsp3) is 0.545. The second-order valence-electron chi connectivity index (χ2n) is 4.27. The Morgan fingerprint density at radius 3 is 3.00 bits per heavy atom. The maximum atomic E-state index is 12.0. The zero-order valence-electron chi connectivity index (χ0n) is 9.97.